The summed E-state index contributed by atoms with van der Waals surface area (Å²) < 4.78 is 26.1. The Bertz CT molecular complexity index is 350. The van der Waals surface area contributed by atoms with Gasteiger partial charge in [0.2, 0.25) is 10.0 Å². The fraction of sp³-hybridized carbons (Fsp3) is 0.900. The third kappa shape index (κ3) is 3.18. The van der Waals surface area contributed by atoms with Crippen LogP contribution in [0.15, 0.2) is 0 Å². The van der Waals surface area contributed by atoms with E-state index in [1.807, 2.05) is 6.92 Å². The number of nitrogens with one attached hydrogen (secondary N) is 1. The van der Waals surface area contributed by atoms with E-state index in [-0.39, 0.29) is 5.54 Å². The second-order valence-electron chi connectivity index (χ2n) is 4.54. The van der Waals surface area contributed by atoms with Gasteiger partial charge in [0.05, 0.1) is 6.07 Å². The highest BCUT2D eigenvalue weighted by molar-refractivity contribution is 7.90. The number of nitriles is 1. The highest BCUT2D eigenvalue weighted by Gasteiger charge is 2.33. The Morgan fingerprint density at radius 2 is 1.87 bits per heavy atom. The molecule has 1 N–H and O–H groups in total. The number of hydrogen-bond donors (Lipinski definition) is 1. The summed E-state index contributed by atoms with van der Waals surface area (Å²) in [5.74, 6) is 0. The van der Waals surface area contributed by atoms with E-state index in [4.69, 9.17) is 5.26 Å². The fourth-order valence-corrected chi connectivity index (χ4v) is 3.14. The van der Waals surface area contributed by atoms with Crippen LogP contribution in [0.5, 0.6) is 0 Å². The van der Waals surface area contributed by atoms with Gasteiger partial charge >= 0.3 is 0 Å². The summed E-state index contributed by atoms with van der Waals surface area (Å²) in [7, 11) is -3.48. The monoisotopic (exact) mass is 230 g/mol. The minimum absolute atomic E-state index is 0.345. The molecular weight excluding hydrogens is 212 g/mol. The number of nitrogens with zero attached hydrogens (tertiary/aromatic N) is 1. The number of sulfonamides is 1. The highest BCUT2D eigenvalue weighted by atomic mass is 32.2. The van der Waals surface area contributed by atoms with E-state index in [9.17, 15) is 8.42 Å². The van der Waals surface area contributed by atoms with Crippen LogP contribution in [-0.2, 0) is 10.0 Å². The fourth-order valence-electron chi connectivity index (χ4n) is 1.94. The van der Waals surface area contributed by atoms with Gasteiger partial charge in [-0.1, -0.05) is 19.3 Å². The molecule has 1 aliphatic carbocycles. The van der Waals surface area contributed by atoms with Crippen molar-refractivity contribution in [3.05, 3.63) is 0 Å². The first-order chi connectivity index (χ1) is 6.90. The van der Waals surface area contributed by atoms with E-state index in [1.54, 1.807) is 6.07 Å². The van der Waals surface area contributed by atoms with Crippen molar-refractivity contribution in [2.75, 3.05) is 0 Å². The van der Waals surface area contributed by atoms with Crippen LogP contribution in [-0.4, -0.2) is 19.2 Å². The van der Waals surface area contributed by atoms with Gasteiger partial charge < -0.3 is 0 Å². The van der Waals surface area contributed by atoms with Gasteiger partial charge in [0.25, 0.3) is 0 Å². The van der Waals surface area contributed by atoms with Crippen LogP contribution < -0.4 is 4.72 Å². The van der Waals surface area contributed by atoms with E-state index in [0.29, 0.717) is 0 Å². The van der Waals surface area contributed by atoms with Crippen molar-refractivity contribution in [2.45, 2.75) is 56.7 Å². The second-order valence-corrected chi connectivity index (χ2v) is 6.54. The summed E-state index contributed by atoms with van der Waals surface area (Å²) in [5, 5.41) is 7.64. The Kier molecular flexibility index (Phi) is 3.74. The van der Waals surface area contributed by atoms with Crippen LogP contribution in [0.25, 0.3) is 0 Å². The van der Waals surface area contributed by atoms with Gasteiger partial charge in [-0.05, 0) is 26.7 Å². The summed E-state index contributed by atoms with van der Waals surface area (Å²) in [4.78, 5) is 0. The summed E-state index contributed by atoms with van der Waals surface area (Å²) in [6.07, 6.45) is 5.01. The van der Waals surface area contributed by atoms with E-state index < -0.39 is 15.3 Å². The topological polar surface area (TPSA) is 70.0 Å². The van der Waals surface area contributed by atoms with Gasteiger partial charge in [-0.25, -0.2) is 13.1 Å². The maximum atomic E-state index is 11.7. The van der Waals surface area contributed by atoms with Crippen molar-refractivity contribution < 1.29 is 8.42 Å². The van der Waals surface area contributed by atoms with Crippen LogP contribution in [0.1, 0.15) is 46.0 Å². The molecule has 86 valence electrons. The molecule has 0 amide bonds. The Morgan fingerprint density at radius 3 is 2.33 bits per heavy atom. The molecule has 0 bridgehead atoms. The first-order valence-corrected chi connectivity index (χ1v) is 6.87. The molecule has 1 rings (SSSR count). The lowest BCUT2D eigenvalue weighted by atomic mass is 9.84. The van der Waals surface area contributed by atoms with Crippen LogP contribution in [0, 0.1) is 11.3 Å². The van der Waals surface area contributed by atoms with Crippen LogP contribution >= 0.6 is 0 Å². The molecule has 0 aromatic rings. The van der Waals surface area contributed by atoms with Crippen molar-refractivity contribution >= 4 is 10.0 Å². The van der Waals surface area contributed by atoms with Crippen LogP contribution in [0.2, 0.25) is 0 Å². The highest BCUT2D eigenvalue weighted by Crippen LogP contribution is 2.28. The van der Waals surface area contributed by atoms with Gasteiger partial charge in [-0.3, -0.25) is 0 Å². The molecule has 0 saturated heterocycles. The average molecular weight is 230 g/mol. The molecular formula is C10H18N2O2S. The number of rotatable bonds is 3. The van der Waals surface area contributed by atoms with Crippen molar-refractivity contribution in [3.63, 3.8) is 0 Å². The van der Waals surface area contributed by atoms with Gasteiger partial charge in [0.15, 0.2) is 5.25 Å². The van der Waals surface area contributed by atoms with Crippen molar-refractivity contribution in [1.29, 1.82) is 5.26 Å². The number of hydrogen-bond acceptors (Lipinski definition) is 3. The maximum Gasteiger partial charge on any atom is 0.228 e. The lowest BCUT2D eigenvalue weighted by molar-refractivity contribution is 0.293. The second kappa shape index (κ2) is 4.50. The molecule has 0 radical (unpaired) electrons. The van der Waals surface area contributed by atoms with Crippen molar-refractivity contribution in [2.24, 2.45) is 0 Å². The molecule has 0 heterocycles. The SMILES string of the molecule is CC(C#N)S(=O)(=O)NC1(C)CCCCC1. The summed E-state index contributed by atoms with van der Waals surface area (Å²) in [6, 6.07) is 1.76. The lowest BCUT2D eigenvalue weighted by Gasteiger charge is -2.34. The molecule has 1 atom stereocenters. The Hall–Kier alpha value is -0.600. The average Bonchev–Trinajstić information content (AvgIpc) is 2.16. The first kappa shape index (κ1) is 12.5. The van der Waals surface area contributed by atoms with Gasteiger partial charge in [-0.2, -0.15) is 5.26 Å². The molecule has 1 unspecified atom stereocenters. The molecule has 0 aromatic carbocycles. The molecule has 5 heteroatoms. The molecule has 0 aromatic heterocycles. The minimum atomic E-state index is -3.48. The minimum Gasteiger partial charge on any atom is -0.211 e. The zero-order valence-corrected chi connectivity index (χ0v) is 10.1. The molecule has 1 aliphatic rings. The van der Waals surface area contributed by atoms with Gasteiger partial charge in [0.1, 0.15) is 0 Å². The van der Waals surface area contributed by atoms with Gasteiger partial charge in [-0.15, -0.1) is 0 Å². The molecule has 1 saturated carbocycles. The Labute approximate surface area is 91.7 Å². The first-order valence-electron chi connectivity index (χ1n) is 5.32. The smallest absolute Gasteiger partial charge is 0.211 e. The zero-order valence-electron chi connectivity index (χ0n) is 9.28. The Balaban J connectivity index is 2.72. The van der Waals surface area contributed by atoms with Crippen molar-refractivity contribution in [1.82, 2.24) is 4.72 Å². The van der Waals surface area contributed by atoms with E-state index >= 15 is 0 Å². The quantitative estimate of drug-likeness (QED) is 0.799. The van der Waals surface area contributed by atoms with E-state index in [1.165, 1.54) is 13.3 Å². The predicted octanol–water partition coefficient (Wildman–Crippen LogP) is 1.54. The largest absolute Gasteiger partial charge is 0.228 e. The summed E-state index contributed by atoms with van der Waals surface area (Å²) >= 11 is 0. The molecule has 4 nitrogen and oxygen atoms in total. The predicted molar refractivity (Wildman–Crippen MR) is 58.6 cm³/mol. The molecule has 0 spiro atoms. The Morgan fingerprint density at radius 1 is 1.33 bits per heavy atom. The zero-order chi connectivity index (χ0) is 11.5. The van der Waals surface area contributed by atoms with E-state index in [2.05, 4.69) is 4.72 Å². The third-order valence-corrected chi connectivity index (χ3v) is 4.81. The van der Waals surface area contributed by atoms with Gasteiger partial charge in [0, 0.05) is 5.54 Å². The van der Waals surface area contributed by atoms with E-state index in [0.717, 1.165) is 25.7 Å². The maximum absolute atomic E-state index is 11.7. The standard InChI is InChI=1S/C10H18N2O2S/c1-9(8-11)15(13,14)12-10(2)6-4-3-5-7-10/h9,12H,3-7H2,1-2H3. The summed E-state index contributed by atoms with van der Waals surface area (Å²) in [6.45, 7) is 3.34. The molecule has 1 fully saturated rings. The van der Waals surface area contributed by atoms with Crippen molar-refractivity contribution in [3.8, 4) is 6.07 Å². The third-order valence-electron chi connectivity index (χ3n) is 2.99. The van der Waals surface area contributed by atoms with Crippen LogP contribution in [0.4, 0.5) is 0 Å². The van der Waals surface area contributed by atoms with Crippen LogP contribution in [0.3, 0.4) is 0 Å². The lowest BCUT2D eigenvalue weighted by Crippen LogP contribution is -2.49. The normalized spacial score (nSPS) is 23.0. The molecule has 0 aliphatic heterocycles. The molecule has 15 heavy (non-hydrogen) atoms. The summed E-state index contributed by atoms with van der Waals surface area (Å²) in [5.41, 5.74) is -0.345.